The number of carbonyl (C=O) groups is 1. The molecule has 0 aromatic carbocycles. The Morgan fingerprint density at radius 3 is 2.96 bits per heavy atom. The number of thiazole rings is 1. The number of nitrogens with zero attached hydrogens (tertiary/aromatic N) is 3. The van der Waals surface area contributed by atoms with Crippen LogP contribution in [0, 0.1) is 5.82 Å². The zero-order chi connectivity index (χ0) is 16.1. The first kappa shape index (κ1) is 15.7. The Morgan fingerprint density at radius 1 is 1.43 bits per heavy atom. The molecule has 6 nitrogen and oxygen atoms in total. The second-order valence-electron chi connectivity index (χ2n) is 5.23. The fourth-order valence-corrected chi connectivity index (χ4v) is 2.95. The smallest absolute Gasteiger partial charge is 0.317 e. The van der Waals surface area contributed by atoms with Crippen LogP contribution in [0.4, 0.5) is 9.18 Å². The largest absolute Gasteiger partial charge is 0.472 e. The topological polar surface area (TPSA) is 67.4 Å². The van der Waals surface area contributed by atoms with Gasteiger partial charge in [-0.1, -0.05) is 0 Å². The summed E-state index contributed by atoms with van der Waals surface area (Å²) in [7, 11) is 0. The average molecular weight is 336 g/mol. The Balaban J connectivity index is 1.44. The number of hydrogen-bond donors (Lipinski definition) is 1. The van der Waals surface area contributed by atoms with E-state index in [-0.39, 0.29) is 18.0 Å². The minimum Gasteiger partial charge on any atom is -0.472 e. The van der Waals surface area contributed by atoms with E-state index in [0.29, 0.717) is 32.5 Å². The number of aromatic nitrogens is 2. The maximum absolute atomic E-state index is 13.5. The van der Waals surface area contributed by atoms with Crippen LogP contribution < -0.4 is 10.1 Å². The fraction of sp³-hybridized carbons (Fsp3) is 0.400. The number of amides is 2. The summed E-state index contributed by atoms with van der Waals surface area (Å²) < 4.78 is 19.1. The van der Waals surface area contributed by atoms with E-state index < -0.39 is 5.82 Å². The Bertz CT molecular complexity index is 645. The number of rotatable bonds is 4. The van der Waals surface area contributed by atoms with Gasteiger partial charge < -0.3 is 15.0 Å². The van der Waals surface area contributed by atoms with E-state index in [2.05, 4.69) is 15.3 Å². The van der Waals surface area contributed by atoms with Crippen LogP contribution in [0.5, 0.6) is 5.88 Å². The van der Waals surface area contributed by atoms with E-state index in [9.17, 15) is 9.18 Å². The van der Waals surface area contributed by atoms with Crippen molar-refractivity contribution in [2.45, 2.75) is 25.5 Å². The van der Waals surface area contributed by atoms with Crippen LogP contribution in [0.25, 0.3) is 0 Å². The number of piperidine rings is 1. The predicted octanol–water partition coefficient (Wildman–Crippen LogP) is 2.43. The second kappa shape index (κ2) is 7.36. The van der Waals surface area contributed by atoms with Crippen molar-refractivity contribution in [1.82, 2.24) is 20.2 Å². The molecule has 2 amide bonds. The van der Waals surface area contributed by atoms with E-state index in [1.165, 1.54) is 29.7 Å². The van der Waals surface area contributed by atoms with Crippen LogP contribution in [0.1, 0.15) is 18.5 Å². The van der Waals surface area contributed by atoms with Crippen LogP contribution in [-0.2, 0) is 6.54 Å². The first-order valence-electron chi connectivity index (χ1n) is 7.39. The molecule has 1 aliphatic heterocycles. The molecule has 2 aromatic rings. The quantitative estimate of drug-likeness (QED) is 0.931. The van der Waals surface area contributed by atoms with Gasteiger partial charge in [0.2, 0.25) is 0 Å². The molecule has 0 atom stereocenters. The van der Waals surface area contributed by atoms with Crippen LogP contribution in [0.15, 0.2) is 29.2 Å². The molecular weight excluding hydrogens is 319 g/mol. The molecule has 0 radical (unpaired) electrons. The zero-order valence-corrected chi connectivity index (χ0v) is 13.3. The Morgan fingerprint density at radius 2 is 2.26 bits per heavy atom. The molecule has 0 aliphatic carbocycles. The number of ether oxygens (including phenoxy) is 1. The van der Waals surface area contributed by atoms with Gasteiger partial charge in [0, 0.05) is 37.5 Å². The van der Waals surface area contributed by atoms with Crippen molar-refractivity contribution < 1.29 is 13.9 Å². The lowest BCUT2D eigenvalue weighted by Gasteiger charge is -2.31. The lowest BCUT2D eigenvalue weighted by Crippen LogP contribution is -2.46. The number of hydrogen-bond acceptors (Lipinski definition) is 5. The van der Waals surface area contributed by atoms with E-state index in [0.717, 1.165) is 5.69 Å². The molecule has 2 aromatic heterocycles. The van der Waals surface area contributed by atoms with Crippen molar-refractivity contribution in [3.8, 4) is 5.88 Å². The number of halogens is 1. The highest BCUT2D eigenvalue weighted by molar-refractivity contribution is 7.07. The van der Waals surface area contributed by atoms with E-state index >= 15 is 0 Å². The second-order valence-corrected chi connectivity index (χ2v) is 5.95. The van der Waals surface area contributed by atoms with Gasteiger partial charge in [0.05, 0.1) is 17.7 Å². The van der Waals surface area contributed by atoms with Gasteiger partial charge in [-0.25, -0.2) is 19.2 Å². The monoisotopic (exact) mass is 336 g/mol. The van der Waals surface area contributed by atoms with E-state index in [1.54, 1.807) is 10.4 Å². The maximum Gasteiger partial charge on any atom is 0.317 e. The summed E-state index contributed by atoms with van der Waals surface area (Å²) in [4.78, 5) is 21.8. The van der Waals surface area contributed by atoms with Crippen LogP contribution >= 0.6 is 11.3 Å². The summed E-state index contributed by atoms with van der Waals surface area (Å²) in [6.07, 6.45) is 2.68. The molecule has 0 unspecified atom stereocenters. The molecule has 0 spiro atoms. The lowest BCUT2D eigenvalue weighted by atomic mass is 10.1. The average Bonchev–Trinajstić information content (AvgIpc) is 3.09. The molecule has 3 rings (SSSR count). The fourth-order valence-electron chi connectivity index (χ4n) is 2.40. The first-order chi connectivity index (χ1) is 11.2. The van der Waals surface area contributed by atoms with Crippen molar-refractivity contribution in [2.75, 3.05) is 13.1 Å². The number of likely N-dealkylation sites (tertiary alicyclic amines) is 1. The molecule has 0 bridgehead atoms. The molecule has 122 valence electrons. The van der Waals surface area contributed by atoms with E-state index in [1.807, 2.05) is 5.38 Å². The molecular formula is C15H17FN4O2S. The third-order valence-electron chi connectivity index (χ3n) is 3.64. The third kappa shape index (κ3) is 4.16. The third-order valence-corrected chi connectivity index (χ3v) is 4.27. The SMILES string of the molecule is O=C(NCc1cscn1)N1CCC(Oc2ncccc2F)CC1. The minimum atomic E-state index is -0.462. The molecule has 8 heteroatoms. The molecule has 23 heavy (non-hydrogen) atoms. The van der Waals surface area contributed by atoms with Gasteiger partial charge in [0.1, 0.15) is 6.10 Å². The van der Waals surface area contributed by atoms with Gasteiger partial charge in [-0.3, -0.25) is 0 Å². The van der Waals surface area contributed by atoms with Crippen molar-refractivity contribution in [3.05, 3.63) is 40.7 Å². The van der Waals surface area contributed by atoms with Gasteiger partial charge in [0.25, 0.3) is 5.88 Å². The molecule has 1 N–H and O–H groups in total. The summed E-state index contributed by atoms with van der Waals surface area (Å²) >= 11 is 1.50. The lowest BCUT2D eigenvalue weighted by molar-refractivity contribution is 0.103. The predicted molar refractivity (Wildman–Crippen MR) is 83.8 cm³/mol. The summed E-state index contributed by atoms with van der Waals surface area (Å²) in [5, 5.41) is 4.75. The number of urea groups is 1. The van der Waals surface area contributed by atoms with Crippen molar-refractivity contribution in [1.29, 1.82) is 0 Å². The maximum atomic E-state index is 13.5. The Labute approximate surface area is 137 Å². The van der Waals surface area contributed by atoms with Crippen LogP contribution in [0.2, 0.25) is 0 Å². The molecule has 1 aliphatic rings. The zero-order valence-electron chi connectivity index (χ0n) is 12.4. The summed E-state index contributed by atoms with van der Waals surface area (Å²) in [5.74, 6) is -0.435. The highest BCUT2D eigenvalue weighted by Crippen LogP contribution is 2.19. The van der Waals surface area contributed by atoms with Gasteiger partial charge in [-0.2, -0.15) is 0 Å². The Hall–Kier alpha value is -2.22. The van der Waals surface area contributed by atoms with Gasteiger partial charge >= 0.3 is 6.03 Å². The van der Waals surface area contributed by atoms with Crippen molar-refractivity contribution in [3.63, 3.8) is 0 Å². The molecule has 1 saturated heterocycles. The molecule has 1 fully saturated rings. The summed E-state index contributed by atoms with van der Waals surface area (Å²) in [6.45, 7) is 1.57. The van der Waals surface area contributed by atoms with Gasteiger partial charge in [-0.15, -0.1) is 11.3 Å². The van der Waals surface area contributed by atoms with Gasteiger partial charge in [-0.05, 0) is 12.1 Å². The van der Waals surface area contributed by atoms with Crippen molar-refractivity contribution >= 4 is 17.4 Å². The summed E-state index contributed by atoms with van der Waals surface area (Å²) in [6, 6.07) is 2.74. The van der Waals surface area contributed by atoms with Crippen molar-refractivity contribution in [2.24, 2.45) is 0 Å². The normalized spacial score (nSPS) is 15.4. The Kier molecular flexibility index (Phi) is 5.02. The van der Waals surface area contributed by atoms with E-state index in [4.69, 9.17) is 4.74 Å². The standard InChI is InChI=1S/C15H17FN4O2S/c16-13-2-1-5-17-14(13)22-12-3-6-20(7-4-12)15(21)18-8-11-9-23-10-19-11/h1-2,5,9-10,12H,3-4,6-8H2,(H,18,21). The number of nitrogens with one attached hydrogen (secondary N) is 1. The minimum absolute atomic E-state index is 0.0268. The highest BCUT2D eigenvalue weighted by Gasteiger charge is 2.24. The number of carbonyl (C=O) groups excluding carboxylic acids is 1. The van der Waals surface area contributed by atoms with Gasteiger partial charge in [0.15, 0.2) is 5.82 Å². The van der Waals surface area contributed by atoms with Crippen LogP contribution in [0.3, 0.4) is 0 Å². The number of pyridine rings is 1. The molecule has 0 saturated carbocycles. The van der Waals surface area contributed by atoms with Crippen LogP contribution in [-0.4, -0.2) is 40.1 Å². The molecule has 3 heterocycles. The first-order valence-corrected chi connectivity index (χ1v) is 8.33. The summed E-state index contributed by atoms with van der Waals surface area (Å²) in [5.41, 5.74) is 2.59. The highest BCUT2D eigenvalue weighted by atomic mass is 32.1.